The SMILES string of the molecule is CC(C)Oc1ccc(CCNC(=O)c2[nH]ncc2C(F)(F)F)cc1. The number of nitrogens with zero attached hydrogens (tertiary/aromatic N) is 1. The number of amides is 1. The molecule has 0 saturated heterocycles. The number of hydrogen-bond acceptors (Lipinski definition) is 3. The van der Waals surface area contributed by atoms with E-state index in [1.54, 1.807) is 0 Å². The molecule has 2 N–H and O–H groups in total. The number of carbonyl (C=O) groups excluding carboxylic acids is 1. The number of rotatable bonds is 6. The van der Waals surface area contributed by atoms with Crippen LogP contribution in [0.3, 0.4) is 0 Å². The lowest BCUT2D eigenvalue weighted by Gasteiger charge is -2.10. The van der Waals surface area contributed by atoms with Gasteiger partial charge >= 0.3 is 6.18 Å². The molecule has 0 unspecified atom stereocenters. The molecule has 24 heavy (non-hydrogen) atoms. The Hall–Kier alpha value is -2.51. The predicted octanol–water partition coefficient (Wildman–Crippen LogP) is 3.19. The molecule has 2 rings (SSSR count). The Labute approximate surface area is 137 Å². The molecule has 0 fully saturated rings. The lowest BCUT2D eigenvalue weighted by atomic mass is 10.1. The monoisotopic (exact) mass is 341 g/mol. The van der Waals surface area contributed by atoms with Crippen molar-refractivity contribution in [2.75, 3.05) is 6.54 Å². The van der Waals surface area contributed by atoms with Crippen molar-refractivity contribution in [1.29, 1.82) is 0 Å². The summed E-state index contributed by atoms with van der Waals surface area (Å²) in [7, 11) is 0. The van der Waals surface area contributed by atoms with Gasteiger partial charge in [-0.15, -0.1) is 0 Å². The summed E-state index contributed by atoms with van der Waals surface area (Å²) in [6, 6.07) is 7.32. The van der Waals surface area contributed by atoms with Gasteiger partial charge < -0.3 is 10.1 Å². The molecule has 2 aromatic rings. The first-order valence-corrected chi connectivity index (χ1v) is 7.41. The summed E-state index contributed by atoms with van der Waals surface area (Å²) in [4.78, 5) is 11.8. The number of benzene rings is 1. The Morgan fingerprint density at radius 3 is 2.54 bits per heavy atom. The van der Waals surface area contributed by atoms with Crippen molar-refractivity contribution in [2.24, 2.45) is 0 Å². The van der Waals surface area contributed by atoms with Crippen LogP contribution >= 0.6 is 0 Å². The molecular weight excluding hydrogens is 323 g/mol. The number of ether oxygens (including phenoxy) is 1. The van der Waals surface area contributed by atoms with E-state index in [4.69, 9.17) is 4.74 Å². The molecule has 130 valence electrons. The summed E-state index contributed by atoms with van der Waals surface area (Å²) < 4.78 is 43.6. The number of hydrogen-bond donors (Lipinski definition) is 2. The quantitative estimate of drug-likeness (QED) is 0.848. The average Bonchev–Trinajstić information content (AvgIpc) is 2.98. The zero-order valence-corrected chi connectivity index (χ0v) is 13.3. The van der Waals surface area contributed by atoms with Gasteiger partial charge in [-0.3, -0.25) is 9.89 Å². The van der Waals surface area contributed by atoms with Crippen LogP contribution in [-0.2, 0) is 12.6 Å². The zero-order valence-electron chi connectivity index (χ0n) is 13.3. The summed E-state index contributed by atoms with van der Waals surface area (Å²) in [5.74, 6) is -0.0929. The van der Waals surface area contributed by atoms with E-state index < -0.39 is 23.3 Å². The standard InChI is InChI=1S/C16H18F3N3O2/c1-10(2)24-12-5-3-11(4-6-12)7-8-20-15(23)14-13(9-21-22-14)16(17,18)19/h3-6,9-10H,7-8H2,1-2H3,(H,20,23)(H,21,22). The van der Waals surface area contributed by atoms with E-state index in [2.05, 4.69) is 15.5 Å². The first kappa shape index (κ1) is 17.8. The molecule has 1 heterocycles. The number of aromatic nitrogens is 2. The molecule has 0 aliphatic heterocycles. The second-order valence-electron chi connectivity index (χ2n) is 5.47. The minimum absolute atomic E-state index is 0.0763. The van der Waals surface area contributed by atoms with Crippen LogP contribution in [0.25, 0.3) is 0 Å². The highest BCUT2D eigenvalue weighted by molar-refractivity contribution is 5.93. The van der Waals surface area contributed by atoms with Gasteiger partial charge in [-0.25, -0.2) is 0 Å². The van der Waals surface area contributed by atoms with Crippen LogP contribution in [0.4, 0.5) is 13.2 Å². The maximum Gasteiger partial charge on any atom is 0.420 e. The van der Waals surface area contributed by atoms with Crippen LogP contribution < -0.4 is 10.1 Å². The van der Waals surface area contributed by atoms with Crippen molar-refractivity contribution < 1.29 is 22.7 Å². The van der Waals surface area contributed by atoms with Crippen molar-refractivity contribution in [1.82, 2.24) is 15.5 Å². The maximum atomic E-state index is 12.7. The summed E-state index contributed by atoms with van der Waals surface area (Å²) in [6.07, 6.45) is -3.45. The van der Waals surface area contributed by atoms with E-state index in [1.807, 2.05) is 38.1 Å². The normalized spacial score (nSPS) is 11.6. The Morgan fingerprint density at radius 1 is 1.29 bits per heavy atom. The molecule has 1 aromatic heterocycles. The molecule has 0 aliphatic rings. The van der Waals surface area contributed by atoms with Crippen LogP contribution in [-0.4, -0.2) is 28.8 Å². The molecule has 5 nitrogen and oxygen atoms in total. The molecule has 0 atom stereocenters. The maximum absolute atomic E-state index is 12.7. The average molecular weight is 341 g/mol. The number of carbonyl (C=O) groups is 1. The van der Waals surface area contributed by atoms with Crippen LogP contribution in [0.5, 0.6) is 5.75 Å². The van der Waals surface area contributed by atoms with Crippen LogP contribution in [0.15, 0.2) is 30.5 Å². The smallest absolute Gasteiger partial charge is 0.420 e. The van der Waals surface area contributed by atoms with Crippen molar-refractivity contribution in [2.45, 2.75) is 32.5 Å². The number of H-pyrrole nitrogens is 1. The van der Waals surface area contributed by atoms with Crippen LogP contribution in [0.2, 0.25) is 0 Å². The highest BCUT2D eigenvalue weighted by Gasteiger charge is 2.36. The molecule has 8 heteroatoms. The van der Waals surface area contributed by atoms with Crippen molar-refractivity contribution >= 4 is 5.91 Å². The lowest BCUT2D eigenvalue weighted by molar-refractivity contribution is -0.137. The van der Waals surface area contributed by atoms with E-state index in [0.717, 1.165) is 11.3 Å². The van der Waals surface area contributed by atoms with Gasteiger partial charge in [0.2, 0.25) is 0 Å². The summed E-state index contributed by atoms with van der Waals surface area (Å²) in [6.45, 7) is 4.06. The Bertz CT molecular complexity index is 679. The Morgan fingerprint density at radius 2 is 1.96 bits per heavy atom. The summed E-state index contributed by atoms with van der Waals surface area (Å²) in [5.41, 5.74) is -0.717. The third kappa shape index (κ3) is 4.74. The third-order valence-corrected chi connectivity index (χ3v) is 3.17. The van der Waals surface area contributed by atoms with Gasteiger partial charge in [-0.1, -0.05) is 12.1 Å². The van der Waals surface area contributed by atoms with Crippen LogP contribution in [0, 0.1) is 0 Å². The van der Waals surface area contributed by atoms with Gasteiger partial charge in [0.1, 0.15) is 17.0 Å². The van der Waals surface area contributed by atoms with Gasteiger partial charge in [0.05, 0.1) is 12.3 Å². The molecule has 1 amide bonds. The second kappa shape index (κ2) is 7.37. The topological polar surface area (TPSA) is 67.0 Å². The predicted molar refractivity (Wildman–Crippen MR) is 81.8 cm³/mol. The molecule has 0 saturated carbocycles. The highest BCUT2D eigenvalue weighted by Crippen LogP contribution is 2.30. The Balaban J connectivity index is 1.88. The number of nitrogens with one attached hydrogen (secondary N) is 2. The first-order chi connectivity index (χ1) is 11.3. The second-order valence-corrected chi connectivity index (χ2v) is 5.47. The van der Waals surface area contributed by atoms with E-state index in [9.17, 15) is 18.0 Å². The van der Waals surface area contributed by atoms with Crippen LogP contribution in [0.1, 0.15) is 35.5 Å². The molecule has 1 aromatic carbocycles. The van der Waals surface area contributed by atoms with E-state index in [0.29, 0.717) is 12.6 Å². The van der Waals surface area contributed by atoms with Gasteiger partial charge in [0.25, 0.3) is 5.91 Å². The largest absolute Gasteiger partial charge is 0.491 e. The molecule has 0 bridgehead atoms. The van der Waals surface area contributed by atoms with E-state index in [1.165, 1.54) is 0 Å². The third-order valence-electron chi connectivity index (χ3n) is 3.17. The first-order valence-electron chi connectivity index (χ1n) is 7.41. The fourth-order valence-electron chi connectivity index (χ4n) is 2.09. The minimum Gasteiger partial charge on any atom is -0.491 e. The fourth-order valence-corrected chi connectivity index (χ4v) is 2.09. The van der Waals surface area contributed by atoms with E-state index in [-0.39, 0.29) is 12.6 Å². The van der Waals surface area contributed by atoms with Crippen molar-refractivity contribution in [3.63, 3.8) is 0 Å². The molecular formula is C16H18F3N3O2. The van der Waals surface area contributed by atoms with Gasteiger partial charge in [-0.05, 0) is 38.0 Å². The Kier molecular flexibility index (Phi) is 5.48. The van der Waals surface area contributed by atoms with Gasteiger partial charge in [-0.2, -0.15) is 18.3 Å². The number of alkyl halides is 3. The highest BCUT2D eigenvalue weighted by atomic mass is 19.4. The zero-order chi connectivity index (χ0) is 17.7. The molecule has 0 spiro atoms. The number of halogens is 3. The van der Waals surface area contributed by atoms with Gasteiger partial charge in [0.15, 0.2) is 0 Å². The fraction of sp³-hybridized carbons (Fsp3) is 0.375. The van der Waals surface area contributed by atoms with E-state index >= 15 is 0 Å². The summed E-state index contributed by atoms with van der Waals surface area (Å²) >= 11 is 0. The van der Waals surface area contributed by atoms with Crippen molar-refractivity contribution in [3.8, 4) is 5.75 Å². The lowest BCUT2D eigenvalue weighted by Crippen LogP contribution is -2.28. The summed E-state index contributed by atoms with van der Waals surface area (Å²) in [5, 5.41) is 7.83. The van der Waals surface area contributed by atoms with Crippen molar-refractivity contribution in [3.05, 3.63) is 47.3 Å². The molecule has 0 radical (unpaired) electrons. The molecule has 0 aliphatic carbocycles. The van der Waals surface area contributed by atoms with Gasteiger partial charge in [0, 0.05) is 6.54 Å². The minimum atomic E-state index is -4.62. The number of aromatic amines is 1.